The molecule has 0 aromatic carbocycles. The van der Waals surface area contributed by atoms with Crippen molar-refractivity contribution in [1.29, 1.82) is 0 Å². The molecule has 20 heavy (non-hydrogen) atoms. The number of halogens is 7. The number of hydrogen-bond donors (Lipinski definition) is 0. The summed E-state index contributed by atoms with van der Waals surface area (Å²) < 4.78 is 86.2. The predicted octanol–water partition coefficient (Wildman–Crippen LogP) is 3.96. The molecule has 0 aromatic heterocycles. The number of alkyl halides is 7. The van der Waals surface area contributed by atoms with Crippen LogP contribution < -0.4 is 0 Å². The summed E-state index contributed by atoms with van der Waals surface area (Å²) in [5.74, 6) is -4.26. The average molecular weight is 570 g/mol. The fourth-order valence-corrected chi connectivity index (χ4v) is 0.395. The van der Waals surface area contributed by atoms with Gasteiger partial charge in [0.1, 0.15) is 6.67 Å². The SMILES string of the molecule is CCF.CCOCCF.[CH2-]OC(F)(CF)C(F)(F)F.[Rf]. The maximum atomic E-state index is 12.0. The van der Waals surface area contributed by atoms with E-state index >= 15 is 0 Å². The molecular formula is C10H18F7O2Rf-. The van der Waals surface area contributed by atoms with Crippen LogP contribution in [-0.4, -0.2) is 45.3 Å². The molecule has 0 N–H and O–H groups in total. The molecule has 0 aliphatic carbocycles. The minimum absolute atomic E-state index is 0. The summed E-state index contributed by atoms with van der Waals surface area (Å²) in [5.41, 5.74) is 0. The number of hydrogen-bond acceptors (Lipinski definition) is 2. The van der Waals surface area contributed by atoms with E-state index in [1.807, 2.05) is 6.92 Å². The van der Waals surface area contributed by atoms with Crippen LogP contribution in [-0.2, 0) is 9.47 Å². The first-order chi connectivity index (χ1) is 8.70. The summed E-state index contributed by atoms with van der Waals surface area (Å²) >= 11 is 0. The zero-order valence-electron chi connectivity index (χ0n) is 11.4. The van der Waals surface area contributed by atoms with Crippen molar-refractivity contribution in [2.45, 2.75) is 25.9 Å². The first-order valence-electron chi connectivity index (χ1n) is 5.15. The molecule has 0 aromatic rings. The van der Waals surface area contributed by atoms with Crippen LogP contribution in [0.1, 0.15) is 13.8 Å². The van der Waals surface area contributed by atoms with E-state index < -0.39 is 18.7 Å². The van der Waals surface area contributed by atoms with Crippen LogP contribution in [0.25, 0.3) is 0 Å². The quantitative estimate of drug-likeness (QED) is 0.283. The van der Waals surface area contributed by atoms with Gasteiger partial charge in [0.25, 0.3) is 0 Å². The van der Waals surface area contributed by atoms with E-state index in [-0.39, 0.29) is 20.0 Å². The summed E-state index contributed by atoms with van der Waals surface area (Å²) in [5, 5.41) is 0. The molecule has 0 spiro atoms. The second-order valence-electron chi connectivity index (χ2n) is 2.66. The Kier molecular flexibility index (Phi) is 20.8. The van der Waals surface area contributed by atoms with E-state index in [4.69, 9.17) is 0 Å². The van der Waals surface area contributed by atoms with Crippen molar-refractivity contribution in [3.8, 4) is 0 Å². The third kappa shape index (κ3) is 14.5. The van der Waals surface area contributed by atoms with Crippen LogP contribution in [0, 0.1) is 7.11 Å². The molecule has 0 aliphatic heterocycles. The first-order valence-corrected chi connectivity index (χ1v) is 5.15. The Bertz CT molecular complexity index is 173. The van der Waals surface area contributed by atoms with E-state index in [1.165, 1.54) is 6.92 Å². The van der Waals surface area contributed by atoms with Crippen molar-refractivity contribution in [3.05, 3.63) is 7.11 Å². The van der Waals surface area contributed by atoms with Crippen molar-refractivity contribution in [1.82, 2.24) is 0 Å². The van der Waals surface area contributed by atoms with Crippen LogP contribution in [0.3, 0.4) is 0 Å². The van der Waals surface area contributed by atoms with Crippen molar-refractivity contribution >= 4 is 0 Å². The van der Waals surface area contributed by atoms with Gasteiger partial charge in [-0.3, -0.25) is 4.39 Å². The van der Waals surface area contributed by atoms with Crippen molar-refractivity contribution in [2.24, 2.45) is 0 Å². The normalized spacial score (nSPS) is 12.9. The van der Waals surface area contributed by atoms with Crippen molar-refractivity contribution in [2.75, 3.05) is 33.2 Å². The van der Waals surface area contributed by atoms with Crippen LogP contribution in [0.5, 0.6) is 0 Å². The van der Waals surface area contributed by atoms with E-state index in [9.17, 15) is 30.7 Å². The number of rotatable bonds is 5. The minimum Gasteiger partial charge on any atom is -0.518 e. The van der Waals surface area contributed by atoms with E-state index in [2.05, 4.69) is 16.6 Å². The zero-order chi connectivity index (χ0) is 15.9. The van der Waals surface area contributed by atoms with Gasteiger partial charge in [0.2, 0.25) is 0 Å². The fourth-order valence-electron chi connectivity index (χ4n) is 0.395. The Morgan fingerprint density at radius 1 is 1.00 bits per heavy atom. The van der Waals surface area contributed by atoms with Gasteiger partial charge in [0.05, 0.1) is 13.3 Å². The van der Waals surface area contributed by atoms with Gasteiger partial charge in [-0.25, -0.2) is 20.3 Å². The largest absolute Gasteiger partial charge is 0.518 e. The van der Waals surface area contributed by atoms with E-state index in [0.29, 0.717) is 6.61 Å². The molecule has 0 heterocycles. The van der Waals surface area contributed by atoms with Gasteiger partial charge in [-0.2, -0.15) is 13.2 Å². The molecule has 0 fully saturated rings. The molecule has 0 saturated carbocycles. The topological polar surface area (TPSA) is 18.5 Å². The van der Waals surface area contributed by atoms with Gasteiger partial charge < -0.3 is 9.47 Å². The van der Waals surface area contributed by atoms with Gasteiger partial charge in [-0.15, -0.1) is 0 Å². The summed E-state index contributed by atoms with van der Waals surface area (Å²) in [6, 6.07) is 0. The van der Waals surface area contributed by atoms with Gasteiger partial charge in [0.15, 0.2) is 6.67 Å². The monoisotopic (exact) mass is 570 g/mol. The summed E-state index contributed by atoms with van der Waals surface area (Å²) in [6.45, 7) is 1.25. The molecule has 0 radical (unpaired) electrons. The summed E-state index contributed by atoms with van der Waals surface area (Å²) in [4.78, 5) is 0. The van der Waals surface area contributed by atoms with Crippen LogP contribution in [0.2, 0.25) is 0 Å². The Hall–Kier alpha value is -1.57. The molecule has 0 saturated heterocycles. The van der Waals surface area contributed by atoms with Crippen LogP contribution in [0.15, 0.2) is 0 Å². The summed E-state index contributed by atoms with van der Waals surface area (Å²) in [7, 11) is 2.16. The standard InChI is InChI=1S/C4H4F5O.C4H9FO.C2H5F.Rf/c1-10-3(6,2-5)4(7,8)9;1-2-6-4-3-5;1-2-3;/h1-2H2;2-4H2,1H3;2H2,1H3;/q-1;;;. The molecule has 122 valence electrons. The average Bonchev–Trinajstić information content (AvgIpc) is 2.35. The molecule has 2 nitrogen and oxygen atoms in total. The van der Waals surface area contributed by atoms with E-state index in [0.717, 1.165) is 0 Å². The van der Waals surface area contributed by atoms with Crippen molar-refractivity contribution in [3.63, 3.8) is 0 Å². The molecule has 10 heteroatoms. The maximum Gasteiger partial charge on any atom is 0.448 e. The first kappa shape index (κ1) is 26.9. The van der Waals surface area contributed by atoms with Gasteiger partial charge in [-0.05, 0) is 13.8 Å². The van der Waals surface area contributed by atoms with Crippen LogP contribution in [0.4, 0.5) is 30.7 Å². The molecule has 1 unspecified atom stereocenters. The Morgan fingerprint density at radius 2 is 1.40 bits per heavy atom. The third-order valence-electron chi connectivity index (χ3n) is 1.25. The number of ether oxygens (including phenoxy) is 2. The zero-order valence-corrected chi connectivity index (χ0v) is 17.8. The molecule has 0 aliphatic rings. The Labute approximate surface area is 107 Å². The van der Waals surface area contributed by atoms with Gasteiger partial charge >= 0.3 is 12.0 Å². The van der Waals surface area contributed by atoms with E-state index in [1.54, 1.807) is 0 Å². The summed E-state index contributed by atoms with van der Waals surface area (Å²) in [6.07, 6.45) is -5.37. The van der Waals surface area contributed by atoms with Gasteiger partial charge in [0, 0.05) is 6.61 Å². The fraction of sp³-hybridized carbons (Fsp3) is 0.900. The smallest absolute Gasteiger partial charge is 0.448 e. The Balaban J connectivity index is -0.000000110. The van der Waals surface area contributed by atoms with Crippen molar-refractivity contribution < 1.29 is 40.2 Å². The third-order valence-corrected chi connectivity index (χ3v) is 1.25. The minimum atomic E-state index is -5.37. The molecule has 1 atom stereocenters. The maximum absolute atomic E-state index is 12.0. The molecule has 0 amide bonds. The predicted molar refractivity (Wildman–Crippen MR) is 56.4 cm³/mol. The van der Waals surface area contributed by atoms with Gasteiger partial charge in [-0.1, -0.05) is 0 Å². The molecular weight excluding hydrogens is 552 g/mol. The second-order valence-corrected chi connectivity index (χ2v) is 2.66. The molecule has 0 rings (SSSR count). The second kappa shape index (κ2) is 15.5. The Morgan fingerprint density at radius 3 is 1.45 bits per heavy atom. The molecule has 0 bridgehead atoms. The van der Waals surface area contributed by atoms with Crippen LogP contribution >= 0.6 is 0 Å².